The van der Waals surface area contributed by atoms with Gasteiger partial charge in [0, 0.05) is 24.1 Å². The molecule has 1 aliphatic rings. The second kappa shape index (κ2) is 15.8. The lowest BCUT2D eigenvalue weighted by atomic mass is 9.95. The van der Waals surface area contributed by atoms with Crippen LogP contribution >= 0.6 is 0 Å². The Bertz CT molecular complexity index is 1020. The average Bonchev–Trinajstić information content (AvgIpc) is 2.91. The van der Waals surface area contributed by atoms with Crippen molar-refractivity contribution < 1.29 is 23.8 Å². The lowest BCUT2D eigenvalue weighted by Gasteiger charge is -2.28. The quantitative estimate of drug-likeness (QED) is 0.127. The number of carbonyl (C=O) groups is 2. The molecule has 0 atom stereocenters. The van der Waals surface area contributed by atoms with Gasteiger partial charge in [-0.2, -0.15) is 0 Å². The SMILES string of the molecule is CCCCCCCCOC1CCC(OC(=O)c2ccc(/C=C/C(=O)OCc3cc(N)cc(N)c3)cc2)CC1. The first-order valence-corrected chi connectivity index (χ1v) is 13.9. The van der Waals surface area contributed by atoms with E-state index in [9.17, 15) is 9.59 Å². The third-order valence-electron chi connectivity index (χ3n) is 6.72. The predicted molar refractivity (Wildman–Crippen MR) is 151 cm³/mol. The number of nitrogens with two attached hydrogens (primary N) is 2. The van der Waals surface area contributed by atoms with Gasteiger partial charge in [-0.3, -0.25) is 0 Å². The van der Waals surface area contributed by atoms with E-state index in [4.69, 9.17) is 25.7 Å². The number of carbonyl (C=O) groups excluding carboxylic acids is 2. The molecule has 0 unspecified atom stereocenters. The Balaban J connectivity index is 1.34. The molecule has 0 amide bonds. The zero-order chi connectivity index (χ0) is 27.2. The molecule has 7 heteroatoms. The largest absolute Gasteiger partial charge is 0.459 e. The molecular weight excluding hydrogens is 480 g/mol. The summed E-state index contributed by atoms with van der Waals surface area (Å²) in [5.41, 5.74) is 14.5. The summed E-state index contributed by atoms with van der Waals surface area (Å²) in [7, 11) is 0. The summed E-state index contributed by atoms with van der Waals surface area (Å²) in [6, 6.07) is 12.0. The van der Waals surface area contributed by atoms with E-state index >= 15 is 0 Å². The Morgan fingerprint density at radius 3 is 2.18 bits per heavy atom. The molecule has 1 saturated carbocycles. The molecule has 3 rings (SSSR count). The number of anilines is 2. The van der Waals surface area contributed by atoms with Gasteiger partial charge >= 0.3 is 11.9 Å². The number of unbranched alkanes of at least 4 members (excludes halogenated alkanes) is 5. The van der Waals surface area contributed by atoms with Crippen LogP contribution in [0, 0.1) is 0 Å². The minimum Gasteiger partial charge on any atom is -0.459 e. The van der Waals surface area contributed by atoms with Crippen molar-refractivity contribution in [2.75, 3.05) is 18.1 Å². The van der Waals surface area contributed by atoms with Gasteiger partial charge < -0.3 is 25.7 Å². The zero-order valence-electron chi connectivity index (χ0n) is 22.5. The zero-order valence-corrected chi connectivity index (χ0v) is 22.5. The molecular formula is C31H42N2O5. The van der Waals surface area contributed by atoms with Crippen LogP contribution in [-0.4, -0.2) is 30.8 Å². The lowest BCUT2D eigenvalue weighted by Crippen LogP contribution is -2.28. The van der Waals surface area contributed by atoms with E-state index < -0.39 is 5.97 Å². The summed E-state index contributed by atoms with van der Waals surface area (Å²) in [5, 5.41) is 0. The molecule has 7 nitrogen and oxygen atoms in total. The number of esters is 2. The number of hydrogen-bond acceptors (Lipinski definition) is 7. The second-order valence-corrected chi connectivity index (χ2v) is 10.0. The van der Waals surface area contributed by atoms with Crippen LogP contribution in [-0.2, 0) is 25.6 Å². The van der Waals surface area contributed by atoms with Gasteiger partial charge in [0.2, 0.25) is 0 Å². The number of ether oxygens (including phenoxy) is 3. The highest BCUT2D eigenvalue weighted by Crippen LogP contribution is 2.25. The van der Waals surface area contributed by atoms with Gasteiger partial charge in [0.1, 0.15) is 12.7 Å². The Labute approximate surface area is 226 Å². The van der Waals surface area contributed by atoms with Crippen molar-refractivity contribution in [2.45, 2.75) is 89.9 Å². The van der Waals surface area contributed by atoms with Gasteiger partial charge in [-0.25, -0.2) is 9.59 Å². The molecule has 2 aromatic carbocycles. The normalized spacial score (nSPS) is 17.4. The average molecular weight is 523 g/mol. The molecule has 0 aliphatic heterocycles. The van der Waals surface area contributed by atoms with Gasteiger partial charge in [-0.15, -0.1) is 0 Å². The van der Waals surface area contributed by atoms with E-state index in [1.807, 2.05) is 0 Å². The Kier molecular flexibility index (Phi) is 12.2. The predicted octanol–water partition coefficient (Wildman–Crippen LogP) is 6.45. The van der Waals surface area contributed by atoms with Crippen molar-refractivity contribution in [3.63, 3.8) is 0 Å². The van der Waals surface area contributed by atoms with Crippen LogP contribution in [0.4, 0.5) is 11.4 Å². The van der Waals surface area contributed by atoms with Gasteiger partial charge in [-0.05, 0) is 79.6 Å². The minimum absolute atomic E-state index is 0.0685. The first-order chi connectivity index (χ1) is 18.4. The van der Waals surface area contributed by atoms with Crippen molar-refractivity contribution in [3.8, 4) is 0 Å². The van der Waals surface area contributed by atoms with Crippen molar-refractivity contribution in [1.82, 2.24) is 0 Å². The molecule has 38 heavy (non-hydrogen) atoms. The fourth-order valence-electron chi connectivity index (χ4n) is 4.59. The first-order valence-electron chi connectivity index (χ1n) is 13.9. The maximum absolute atomic E-state index is 12.6. The summed E-state index contributed by atoms with van der Waals surface area (Å²) >= 11 is 0. The van der Waals surface area contributed by atoms with Crippen LogP contribution < -0.4 is 11.5 Å². The molecule has 0 bridgehead atoms. The standard InChI is InChI=1S/C31H42N2O5/c1-2-3-4-5-6-7-18-36-28-13-15-29(16-14-28)38-31(35)25-11-8-23(9-12-25)10-17-30(34)37-22-24-19-26(32)21-27(33)20-24/h8-12,17,19-21,28-29H,2-7,13-16,18,22,32-33H2,1H3/b17-10+. The van der Waals surface area contributed by atoms with E-state index in [2.05, 4.69) is 6.92 Å². The maximum Gasteiger partial charge on any atom is 0.338 e. The van der Waals surface area contributed by atoms with E-state index in [-0.39, 0.29) is 24.8 Å². The van der Waals surface area contributed by atoms with Crippen molar-refractivity contribution in [2.24, 2.45) is 0 Å². The Hall–Kier alpha value is -3.32. The minimum atomic E-state index is -0.485. The number of rotatable bonds is 14. The van der Waals surface area contributed by atoms with Gasteiger partial charge in [0.25, 0.3) is 0 Å². The highest BCUT2D eigenvalue weighted by atomic mass is 16.5. The molecule has 4 N–H and O–H groups in total. The third kappa shape index (κ3) is 10.6. The highest BCUT2D eigenvalue weighted by molar-refractivity contribution is 5.90. The monoisotopic (exact) mass is 522 g/mol. The second-order valence-electron chi connectivity index (χ2n) is 10.0. The van der Waals surface area contributed by atoms with Crippen molar-refractivity contribution in [1.29, 1.82) is 0 Å². The summed E-state index contributed by atoms with van der Waals surface area (Å²) in [4.78, 5) is 24.6. The van der Waals surface area contributed by atoms with Crippen molar-refractivity contribution >= 4 is 29.4 Å². The van der Waals surface area contributed by atoms with Gasteiger partial charge in [0.15, 0.2) is 0 Å². The van der Waals surface area contributed by atoms with Crippen LogP contribution in [0.1, 0.15) is 92.6 Å². The number of benzene rings is 2. The van der Waals surface area contributed by atoms with E-state index in [0.29, 0.717) is 16.9 Å². The van der Waals surface area contributed by atoms with Crippen LogP contribution in [0.15, 0.2) is 48.5 Å². The molecule has 1 fully saturated rings. The fraction of sp³-hybridized carbons (Fsp3) is 0.484. The molecule has 1 aliphatic carbocycles. The molecule has 0 heterocycles. The summed E-state index contributed by atoms with van der Waals surface area (Å²) < 4.78 is 17.0. The van der Waals surface area contributed by atoms with Gasteiger partial charge in [-0.1, -0.05) is 51.2 Å². The maximum atomic E-state index is 12.6. The summed E-state index contributed by atoms with van der Waals surface area (Å²) in [5.74, 6) is -0.807. The Morgan fingerprint density at radius 1 is 0.868 bits per heavy atom. The molecule has 0 aromatic heterocycles. The van der Waals surface area contributed by atoms with E-state index in [1.54, 1.807) is 48.5 Å². The molecule has 0 radical (unpaired) electrons. The topological polar surface area (TPSA) is 114 Å². The fourth-order valence-corrected chi connectivity index (χ4v) is 4.59. The van der Waals surface area contributed by atoms with Crippen LogP contribution in [0.3, 0.4) is 0 Å². The van der Waals surface area contributed by atoms with E-state index in [0.717, 1.165) is 49.8 Å². The van der Waals surface area contributed by atoms with E-state index in [1.165, 1.54) is 38.2 Å². The van der Waals surface area contributed by atoms with Gasteiger partial charge in [0.05, 0.1) is 11.7 Å². The van der Waals surface area contributed by atoms with Crippen LogP contribution in [0.25, 0.3) is 6.08 Å². The summed E-state index contributed by atoms with van der Waals surface area (Å²) in [6.45, 7) is 3.14. The highest BCUT2D eigenvalue weighted by Gasteiger charge is 2.24. The molecule has 206 valence electrons. The molecule has 0 spiro atoms. The molecule has 0 saturated heterocycles. The molecule has 2 aromatic rings. The third-order valence-corrected chi connectivity index (χ3v) is 6.72. The van der Waals surface area contributed by atoms with Crippen molar-refractivity contribution in [3.05, 3.63) is 65.2 Å². The summed E-state index contributed by atoms with van der Waals surface area (Å²) in [6.07, 6.45) is 14.3. The number of hydrogen-bond donors (Lipinski definition) is 2. The smallest absolute Gasteiger partial charge is 0.338 e. The lowest BCUT2D eigenvalue weighted by molar-refractivity contribution is -0.138. The van der Waals surface area contributed by atoms with Crippen LogP contribution in [0.5, 0.6) is 0 Å². The first kappa shape index (κ1) is 29.2. The van der Waals surface area contributed by atoms with Crippen LogP contribution in [0.2, 0.25) is 0 Å². The Morgan fingerprint density at radius 2 is 1.50 bits per heavy atom. The number of nitrogen functional groups attached to an aromatic ring is 2.